The largest absolute Gasteiger partial charge is 0.325 e. The third kappa shape index (κ3) is 4.23. The van der Waals surface area contributed by atoms with Gasteiger partial charge in [0.05, 0.1) is 6.04 Å². The first kappa shape index (κ1) is 13.3. The summed E-state index contributed by atoms with van der Waals surface area (Å²) in [5, 5.41) is 2.81. The monoisotopic (exact) mass is 254 g/mol. The molecule has 0 radical (unpaired) electrons. The quantitative estimate of drug-likeness (QED) is 0.861. The summed E-state index contributed by atoms with van der Waals surface area (Å²) in [6.45, 7) is 0. The van der Waals surface area contributed by atoms with Crippen LogP contribution in [0.25, 0.3) is 0 Å². The highest BCUT2D eigenvalue weighted by Gasteiger charge is 2.13. The van der Waals surface area contributed by atoms with Gasteiger partial charge in [-0.15, -0.1) is 0 Å². The van der Waals surface area contributed by atoms with E-state index in [-0.39, 0.29) is 5.91 Å². The van der Waals surface area contributed by atoms with Gasteiger partial charge in [-0.2, -0.15) is 0 Å². The molecule has 0 spiro atoms. The molecule has 0 fully saturated rings. The second-order valence-corrected chi connectivity index (χ2v) is 4.49. The number of hydrogen-bond acceptors (Lipinski definition) is 2. The fourth-order valence-corrected chi connectivity index (χ4v) is 1.85. The lowest BCUT2D eigenvalue weighted by Gasteiger charge is -2.12. The molecule has 3 heteroatoms. The molecule has 1 atom stereocenters. The van der Waals surface area contributed by atoms with Gasteiger partial charge in [0.15, 0.2) is 0 Å². The minimum absolute atomic E-state index is 0.137. The molecule has 2 aromatic carbocycles. The van der Waals surface area contributed by atoms with E-state index in [0.29, 0.717) is 6.42 Å². The van der Waals surface area contributed by atoms with Gasteiger partial charge in [0.1, 0.15) is 0 Å². The molecule has 0 aliphatic heterocycles. The zero-order chi connectivity index (χ0) is 13.5. The summed E-state index contributed by atoms with van der Waals surface area (Å²) < 4.78 is 0. The molecule has 1 amide bonds. The van der Waals surface area contributed by atoms with Crippen molar-refractivity contribution in [1.29, 1.82) is 0 Å². The van der Waals surface area contributed by atoms with E-state index in [2.05, 4.69) is 5.32 Å². The smallest absolute Gasteiger partial charge is 0.241 e. The van der Waals surface area contributed by atoms with Crippen LogP contribution < -0.4 is 11.1 Å². The van der Waals surface area contributed by atoms with Crippen LogP contribution in [0.1, 0.15) is 12.0 Å². The minimum atomic E-state index is -0.486. The summed E-state index contributed by atoms with van der Waals surface area (Å²) in [7, 11) is 0. The third-order valence-electron chi connectivity index (χ3n) is 2.96. The lowest BCUT2D eigenvalue weighted by molar-refractivity contribution is -0.117. The second-order valence-electron chi connectivity index (χ2n) is 4.49. The number of rotatable bonds is 5. The number of amides is 1. The Labute approximate surface area is 113 Å². The Morgan fingerprint density at radius 1 is 1.00 bits per heavy atom. The number of para-hydroxylation sites is 1. The molecule has 0 heterocycles. The Bertz CT molecular complexity index is 511. The molecular weight excluding hydrogens is 236 g/mol. The van der Waals surface area contributed by atoms with Gasteiger partial charge < -0.3 is 11.1 Å². The number of benzene rings is 2. The first-order valence-electron chi connectivity index (χ1n) is 6.41. The summed E-state index contributed by atoms with van der Waals surface area (Å²) in [6, 6.07) is 18.9. The van der Waals surface area contributed by atoms with Gasteiger partial charge in [-0.3, -0.25) is 4.79 Å². The van der Waals surface area contributed by atoms with E-state index < -0.39 is 6.04 Å². The van der Waals surface area contributed by atoms with Crippen molar-refractivity contribution in [3.05, 3.63) is 66.2 Å². The van der Waals surface area contributed by atoms with Crippen molar-refractivity contribution in [3.63, 3.8) is 0 Å². The Morgan fingerprint density at radius 2 is 1.58 bits per heavy atom. The fourth-order valence-electron chi connectivity index (χ4n) is 1.85. The van der Waals surface area contributed by atoms with Crippen molar-refractivity contribution in [3.8, 4) is 0 Å². The van der Waals surface area contributed by atoms with Crippen LogP contribution in [0.3, 0.4) is 0 Å². The number of carbonyl (C=O) groups excluding carboxylic acids is 1. The fraction of sp³-hybridized carbons (Fsp3) is 0.188. The maximum absolute atomic E-state index is 11.9. The predicted molar refractivity (Wildman–Crippen MR) is 77.8 cm³/mol. The van der Waals surface area contributed by atoms with Crippen molar-refractivity contribution in [2.75, 3.05) is 5.32 Å². The first-order valence-corrected chi connectivity index (χ1v) is 6.41. The topological polar surface area (TPSA) is 55.1 Å². The highest BCUT2D eigenvalue weighted by Crippen LogP contribution is 2.08. The van der Waals surface area contributed by atoms with Gasteiger partial charge in [0, 0.05) is 5.69 Å². The van der Waals surface area contributed by atoms with Crippen LogP contribution in [0, 0.1) is 0 Å². The highest BCUT2D eigenvalue weighted by atomic mass is 16.2. The zero-order valence-electron chi connectivity index (χ0n) is 10.8. The lowest BCUT2D eigenvalue weighted by Crippen LogP contribution is -2.35. The zero-order valence-corrected chi connectivity index (χ0v) is 10.8. The molecular formula is C16H18N2O. The van der Waals surface area contributed by atoms with E-state index in [1.165, 1.54) is 5.56 Å². The molecule has 98 valence electrons. The molecule has 3 N–H and O–H groups in total. The van der Waals surface area contributed by atoms with Crippen LogP contribution in [-0.4, -0.2) is 11.9 Å². The maximum Gasteiger partial charge on any atom is 0.241 e. The number of aryl methyl sites for hydroxylation is 1. The predicted octanol–water partition coefficient (Wildman–Crippen LogP) is 2.59. The van der Waals surface area contributed by atoms with Crippen LogP contribution >= 0.6 is 0 Å². The number of carbonyl (C=O) groups is 1. The molecule has 0 saturated carbocycles. The summed E-state index contributed by atoms with van der Waals surface area (Å²) in [5.74, 6) is -0.137. The number of nitrogens with two attached hydrogens (primary N) is 1. The van der Waals surface area contributed by atoms with Crippen molar-refractivity contribution in [2.45, 2.75) is 18.9 Å². The standard InChI is InChI=1S/C16H18N2O/c17-15(12-11-13-7-3-1-4-8-13)16(19)18-14-9-5-2-6-10-14/h1-10,15H,11-12,17H2,(H,18,19)/t15-/m0/s1. The average molecular weight is 254 g/mol. The van der Waals surface area contributed by atoms with Crippen LogP contribution in [0.5, 0.6) is 0 Å². The molecule has 0 aliphatic rings. The average Bonchev–Trinajstić information content (AvgIpc) is 2.47. The number of hydrogen-bond donors (Lipinski definition) is 2. The second kappa shape index (κ2) is 6.71. The lowest BCUT2D eigenvalue weighted by atomic mass is 10.1. The van der Waals surface area contributed by atoms with Crippen molar-refractivity contribution < 1.29 is 4.79 Å². The Morgan fingerprint density at radius 3 is 2.21 bits per heavy atom. The molecule has 0 aromatic heterocycles. The Kier molecular flexibility index (Phi) is 4.70. The van der Waals surface area contributed by atoms with Gasteiger partial charge in [-0.25, -0.2) is 0 Å². The summed E-state index contributed by atoms with van der Waals surface area (Å²) in [4.78, 5) is 11.9. The van der Waals surface area contributed by atoms with E-state index in [9.17, 15) is 4.79 Å². The van der Waals surface area contributed by atoms with E-state index in [0.717, 1.165) is 12.1 Å². The summed E-state index contributed by atoms with van der Waals surface area (Å²) in [6.07, 6.45) is 1.45. The van der Waals surface area contributed by atoms with E-state index in [4.69, 9.17) is 5.73 Å². The van der Waals surface area contributed by atoms with Gasteiger partial charge in [-0.1, -0.05) is 48.5 Å². The Hall–Kier alpha value is -2.13. The van der Waals surface area contributed by atoms with Crippen LogP contribution in [-0.2, 0) is 11.2 Å². The van der Waals surface area contributed by atoms with E-state index in [1.54, 1.807) is 0 Å². The molecule has 3 nitrogen and oxygen atoms in total. The molecule has 0 aliphatic carbocycles. The van der Waals surface area contributed by atoms with Gasteiger partial charge in [0.2, 0.25) is 5.91 Å². The van der Waals surface area contributed by atoms with Crippen molar-refractivity contribution in [2.24, 2.45) is 5.73 Å². The van der Waals surface area contributed by atoms with Crippen molar-refractivity contribution >= 4 is 11.6 Å². The van der Waals surface area contributed by atoms with Gasteiger partial charge >= 0.3 is 0 Å². The molecule has 0 bridgehead atoms. The normalized spacial score (nSPS) is 11.8. The highest BCUT2D eigenvalue weighted by molar-refractivity contribution is 5.94. The van der Waals surface area contributed by atoms with E-state index in [1.807, 2.05) is 60.7 Å². The third-order valence-corrected chi connectivity index (χ3v) is 2.96. The van der Waals surface area contributed by atoms with Gasteiger partial charge in [0.25, 0.3) is 0 Å². The SMILES string of the molecule is N[C@@H](CCc1ccccc1)C(=O)Nc1ccccc1. The van der Waals surface area contributed by atoms with Gasteiger partial charge in [-0.05, 0) is 30.5 Å². The Balaban J connectivity index is 1.83. The summed E-state index contributed by atoms with van der Waals surface area (Å²) in [5.41, 5.74) is 7.88. The molecule has 2 aromatic rings. The number of nitrogens with one attached hydrogen (secondary N) is 1. The van der Waals surface area contributed by atoms with E-state index >= 15 is 0 Å². The molecule has 0 saturated heterocycles. The first-order chi connectivity index (χ1) is 9.25. The van der Waals surface area contributed by atoms with Crippen LogP contribution in [0.4, 0.5) is 5.69 Å². The van der Waals surface area contributed by atoms with Crippen LogP contribution in [0.15, 0.2) is 60.7 Å². The molecule has 0 unspecified atom stereocenters. The maximum atomic E-state index is 11.9. The molecule has 19 heavy (non-hydrogen) atoms. The minimum Gasteiger partial charge on any atom is -0.325 e. The van der Waals surface area contributed by atoms with Crippen molar-refractivity contribution in [1.82, 2.24) is 0 Å². The number of anilines is 1. The summed E-state index contributed by atoms with van der Waals surface area (Å²) >= 11 is 0. The molecule has 2 rings (SSSR count). The van der Waals surface area contributed by atoms with Crippen LogP contribution in [0.2, 0.25) is 0 Å².